The molecule has 0 bridgehead atoms. The molecule has 3 aromatic rings. The number of H-pyrrole nitrogens is 1. The molecule has 1 unspecified atom stereocenters. The van der Waals surface area contributed by atoms with Crippen LogP contribution in [-0.4, -0.2) is 40.6 Å². The minimum Gasteiger partial charge on any atom is -0.491 e. The van der Waals surface area contributed by atoms with Crippen LogP contribution in [0.1, 0.15) is 13.8 Å². The van der Waals surface area contributed by atoms with E-state index < -0.39 is 6.10 Å². The van der Waals surface area contributed by atoms with Crippen LogP contribution in [0.25, 0.3) is 21.5 Å². The van der Waals surface area contributed by atoms with Crippen molar-refractivity contribution in [2.45, 2.75) is 26.0 Å². The SMILES string of the molecule is CC(C)NCC(O)COc1cccc(-c2n[nH]c3ccsc23)c1. The number of nitrogens with zero attached hydrogens (tertiary/aromatic N) is 1. The normalized spacial score (nSPS) is 12.9. The second kappa shape index (κ2) is 7.12. The van der Waals surface area contributed by atoms with Crippen molar-refractivity contribution in [1.29, 1.82) is 0 Å². The fourth-order valence-corrected chi connectivity index (χ4v) is 3.16. The number of aliphatic hydroxyl groups excluding tert-OH is 1. The summed E-state index contributed by atoms with van der Waals surface area (Å²) in [6.07, 6.45) is -0.532. The zero-order chi connectivity index (χ0) is 16.2. The number of benzene rings is 1. The van der Waals surface area contributed by atoms with Gasteiger partial charge in [-0.1, -0.05) is 26.0 Å². The number of hydrogen-bond donors (Lipinski definition) is 3. The van der Waals surface area contributed by atoms with E-state index in [4.69, 9.17) is 4.74 Å². The van der Waals surface area contributed by atoms with Crippen LogP contribution < -0.4 is 10.1 Å². The summed E-state index contributed by atoms with van der Waals surface area (Å²) in [5, 5.41) is 22.6. The standard InChI is InChI=1S/C17H21N3O2S/c1-11(2)18-9-13(21)10-22-14-5-3-4-12(8-14)16-17-15(19-20-16)6-7-23-17/h3-8,11,13,18,21H,9-10H2,1-2H3,(H,19,20). The molecule has 0 radical (unpaired) electrons. The van der Waals surface area contributed by atoms with Gasteiger partial charge in [0, 0.05) is 18.2 Å². The lowest BCUT2D eigenvalue weighted by Gasteiger charge is -2.15. The van der Waals surface area contributed by atoms with Crippen molar-refractivity contribution in [3.63, 3.8) is 0 Å². The van der Waals surface area contributed by atoms with E-state index in [1.807, 2.05) is 49.6 Å². The molecule has 6 heteroatoms. The number of hydrogen-bond acceptors (Lipinski definition) is 5. The Hall–Kier alpha value is -1.89. The number of ether oxygens (including phenoxy) is 1. The van der Waals surface area contributed by atoms with Crippen LogP contribution in [0.2, 0.25) is 0 Å². The van der Waals surface area contributed by atoms with Crippen LogP contribution in [0, 0.1) is 0 Å². The summed E-state index contributed by atoms with van der Waals surface area (Å²) < 4.78 is 6.85. The molecule has 0 aliphatic heterocycles. The molecule has 1 atom stereocenters. The highest BCUT2D eigenvalue weighted by atomic mass is 32.1. The summed E-state index contributed by atoms with van der Waals surface area (Å²) in [6.45, 7) is 4.88. The maximum Gasteiger partial charge on any atom is 0.120 e. The Kier molecular flexibility index (Phi) is 4.95. The third-order valence-electron chi connectivity index (χ3n) is 3.48. The second-order valence-electron chi connectivity index (χ2n) is 5.79. The summed E-state index contributed by atoms with van der Waals surface area (Å²) in [4.78, 5) is 0. The first-order valence-electron chi connectivity index (χ1n) is 7.69. The molecule has 122 valence electrons. The van der Waals surface area contributed by atoms with Gasteiger partial charge in [-0.05, 0) is 23.6 Å². The van der Waals surface area contributed by atoms with Gasteiger partial charge in [-0.3, -0.25) is 5.10 Å². The summed E-state index contributed by atoms with van der Waals surface area (Å²) in [6, 6.07) is 10.2. The van der Waals surface area contributed by atoms with Crippen molar-refractivity contribution in [3.8, 4) is 17.0 Å². The number of thiophene rings is 1. The molecule has 2 aromatic heterocycles. The molecule has 0 spiro atoms. The molecule has 2 heterocycles. The van der Waals surface area contributed by atoms with Gasteiger partial charge in [0.05, 0.1) is 10.2 Å². The second-order valence-corrected chi connectivity index (χ2v) is 6.71. The van der Waals surface area contributed by atoms with Gasteiger partial charge < -0.3 is 15.2 Å². The highest BCUT2D eigenvalue weighted by molar-refractivity contribution is 7.17. The molecule has 1 aromatic carbocycles. The van der Waals surface area contributed by atoms with E-state index in [9.17, 15) is 5.11 Å². The Morgan fingerprint density at radius 1 is 1.35 bits per heavy atom. The van der Waals surface area contributed by atoms with E-state index in [0.717, 1.165) is 27.2 Å². The van der Waals surface area contributed by atoms with Crippen LogP contribution in [0.15, 0.2) is 35.7 Å². The summed E-state index contributed by atoms with van der Waals surface area (Å²) in [5.74, 6) is 0.735. The Morgan fingerprint density at radius 3 is 3.04 bits per heavy atom. The topological polar surface area (TPSA) is 70.2 Å². The van der Waals surface area contributed by atoms with Crippen molar-refractivity contribution < 1.29 is 9.84 Å². The molecule has 0 amide bonds. The molecule has 23 heavy (non-hydrogen) atoms. The van der Waals surface area contributed by atoms with Gasteiger partial charge >= 0.3 is 0 Å². The minimum absolute atomic E-state index is 0.262. The van der Waals surface area contributed by atoms with Crippen molar-refractivity contribution in [2.75, 3.05) is 13.2 Å². The van der Waals surface area contributed by atoms with Crippen molar-refractivity contribution in [1.82, 2.24) is 15.5 Å². The number of rotatable bonds is 7. The first-order chi connectivity index (χ1) is 11.1. The van der Waals surface area contributed by atoms with E-state index in [-0.39, 0.29) is 6.61 Å². The lowest BCUT2D eigenvalue weighted by Crippen LogP contribution is -2.35. The van der Waals surface area contributed by atoms with E-state index in [2.05, 4.69) is 15.5 Å². The van der Waals surface area contributed by atoms with Gasteiger partial charge in [0.1, 0.15) is 24.2 Å². The molecular weight excluding hydrogens is 310 g/mol. The molecule has 0 aliphatic carbocycles. The zero-order valence-electron chi connectivity index (χ0n) is 13.2. The fourth-order valence-electron chi connectivity index (χ4n) is 2.30. The summed E-state index contributed by atoms with van der Waals surface area (Å²) in [7, 11) is 0. The number of aromatic nitrogens is 2. The van der Waals surface area contributed by atoms with Crippen molar-refractivity contribution >= 4 is 21.6 Å². The van der Waals surface area contributed by atoms with Gasteiger partial charge in [0.25, 0.3) is 0 Å². The average molecular weight is 331 g/mol. The van der Waals surface area contributed by atoms with Crippen LogP contribution in [0.4, 0.5) is 0 Å². The number of aliphatic hydroxyl groups is 1. The predicted molar refractivity (Wildman–Crippen MR) is 94.0 cm³/mol. The Balaban J connectivity index is 1.67. The van der Waals surface area contributed by atoms with Gasteiger partial charge in [-0.2, -0.15) is 5.10 Å². The summed E-state index contributed by atoms with van der Waals surface area (Å²) in [5.41, 5.74) is 2.99. The molecular formula is C17H21N3O2S. The minimum atomic E-state index is -0.532. The van der Waals surface area contributed by atoms with E-state index in [1.54, 1.807) is 11.3 Å². The first kappa shape index (κ1) is 16.0. The third kappa shape index (κ3) is 3.90. The Bertz CT molecular complexity index is 766. The predicted octanol–water partition coefficient (Wildman–Crippen LogP) is 3.03. The summed E-state index contributed by atoms with van der Waals surface area (Å²) >= 11 is 1.67. The van der Waals surface area contributed by atoms with Gasteiger partial charge in [0.15, 0.2) is 0 Å². The number of aromatic amines is 1. The third-order valence-corrected chi connectivity index (χ3v) is 4.40. The molecule has 0 saturated heterocycles. The van der Waals surface area contributed by atoms with Crippen LogP contribution in [0.3, 0.4) is 0 Å². The number of nitrogens with one attached hydrogen (secondary N) is 2. The molecule has 0 fully saturated rings. The monoisotopic (exact) mass is 331 g/mol. The molecule has 0 saturated carbocycles. The van der Waals surface area contributed by atoms with Crippen LogP contribution >= 0.6 is 11.3 Å². The quantitative estimate of drug-likeness (QED) is 0.622. The van der Waals surface area contributed by atoms with E-state index in [1.165, 1.54) is 0 Å². The Labute approximate surface area is 139 Å². The lowest BCUT2D eigenvalue weighted by molar-refractivity contribution is 0.104. The van der Waals surface area contributed by atoms with Gasteiger partial charge in [-0.15, -0.1) is 11.3 Å². The zero-order valence-corrected chi connectivity index (χ0v) is 14.1. The van der Waals surface area contributed by atoms with E-state index in [0.29, 0.717) is 12.6 Å². The highest BCUT2D eigenvalue weighted by Gasteiger charge is 2.11. The smallest absolute Gasteiger partial charge is 0.120 e. The maximum absolute atomic E-state index is 9.92. The van der Waals surface area contributed by atoms with Crippen molar-refractivity contribution in [2.24, 2.45) is 0 Å². The van der Waals surface area contributed by atoms with Gasteiger partial charge in [-0.25, -0.2) is 0 Å². The molecule has 3 N–H and O–H groups in total. The Morgan fingerprint density at radius 2 is 2.22 bits per heavy atom. The highest BCUT2D eigenvalue weighted by Crippen LogP contribution is 2.31. The van der Waals surface area contributed by atoms with E-state index >= 15 is 0 Å². The molecule has 5 nitrogen and oxygen atoms in total. The van der Waals surface area contributed by atoms with Crippen LogP contribution in [-0.2, 0) is 0 Å². The maximum atomic E-state index is 9.92. The lowest BCUT2D eigenvalue weighted by atomic mass is 10.1. The molecule has 3 rings (SSSR count). The molecule has 0 aliphatic rings. The number of fused-ring (bicyclic) bond motifs is 1. The first-order valence-corrected chi connectivity index (χ1v) is 8.57. The largest absolute Gasteiger partial charge is 0.491 e. The fraction of sp³-hybridized carbons (Fsp3) is 0.353. The van der Waals surface area contributed by atoms with Crippen LogP contribution in [0.5, 0.6) is 5.75 Å². The van der Waals surface area contributed by atoms with Crippen molar-refractivity contribution in [3.05, 3.63) is 35.7 Å². The van der Waals surface area contributed by atoms with Gasteiger partial charge in [0.2, 0.25) is 0 Å². The average Bonchev–Trinajstić information content (AvgIpc) is 3.14.